The van der Waals surface area contributed by atoms with E-state index in [0.29, 0.717) is 5.15 Å². The van der Waals surface area contributed by atoms with Crippen molar-refractivity contribution in [3.8, 4) is 0 Å². The topological polar surface area (TPSA) is 12.9 Å². The molecule has 2 rings (SSSR count). The second-order valence-corrected chi connectivity index (χ2v) is 6.74. The minimum Gasteiger partial charge on any atom is -0.218 e. The second-order valence-electron chi connectivity index (χ2n) is 3.95. The van der Waals surface area contributed by atoms with Crippen LogP contribution in [0.3, 0.4) is 0 Å². The monoisotopic (exact) mass is 247 g/mol. The van der Waals surface area contributed by atoms with Crippen LogP contribution in [-0.4, -0.2) is 10.2 Å². The van der Waals surface area contributed by atoms with E-state index in [1.165, 1.54) is 25.7 Å². The minimum absolute atomic E-state index is 0.640. The third-order valence-electron chi connectivity index (χ3n) is 2.61. The summed E-state index contributed by atoms with van der Waals surface area (Å²) in [5.74, 6) is 0.886. The molecule has 0 aromatic carbocycles. The van der Waals surface area contributed by atoms with Gasteiger partial charge in [0.25, 0.3) is 0 Å². The third kappa shape index (κ3) is 2.88. The lowest BCUT2D eigenvalue weighted by molar-refractivity contribution is 0.394. The Morgan fingerprint density at radius 2 is 2.43 bits per heavy atom. The van der Waals surface area contributed by atoms with Crippen LogP contribution in [0.25, 0.3) is 0 Å². The first kappa shape index (κ1) is 10.8. The Morgan fingerprint density at radius 1 is 1.57 bits per heavy atom. The molecule has 1 saturated carbocycles. The zero-order valence-electron chi connectivity index (χ0n) is 8.20. The van der Waals surface area contributed by atoms with Crippen molar-refractivity contribution in [3.63, 3.8) is 0 Å². The smallest absolute Gasteiger partial charge is 0.151 e. The van der Waals surface area contributed by atoms with Crippen molar-refractivity contribution in [2.75, 3.05) is 0 Å². The molecule has 0 saturated heterocycles. The van der Waals surface area contributed by atoms with E-state index >= 15 is 0 Å². The predicted octanol–water partition coefficient (Wildman–Crippen LogP) is 4.47. The summed E-state index contributed by atoms with van der Waals surface area (Å²) in [6.07, 6.45) is 5.45. The van der Waals surface area contributed by atoms with Gasteiger partial charge in [-0.15, -0.1) is 11.3 Å². The van der Waals surface area contributed by atoms with Gasteiger partial charge in [0.15, 0.2) is 4.34 Å². The maximum atomic E-state index is 5.79. The predicted molar refractivity (Wildman–Crippen MR) is 64.4 cm³/mol. The molecule has 0 bridgehead atoms. The van der Waals surface area contributed by atoms with Gasteiger partial charge in [0.05, 0.1) is 0 Å². The van der Waals surface area contributed by atoms with Crippen molar-refractivity contribution in [2.24, 2.45) is 5.92 Å². The summed E-state index contributed by atoms with van der Waals surface area (Å²) in [6, 6.07) is 0. The fourth-order valence-corrected chi connectivity index (χ4v) is 4.56. The second kappa shape index (κ2) is 4.86. The Balaban J connectivity index is 1.90. The Kier molecular flexibility index (Phi) is 3.74. The summed E-state index contributed by atoms with van der Waals surface area (Å²) < 4.78 is 1.13. The maximum Gasteiger partial charge on any atom is 0.151 e. The lowest BCUT2D eigenvalue weighted by Gasteiger charge is -2.25. The van der Waals surface area contributed by atoms with E-state index in [9.17, 15) is 0 Å². The standard InChI is InChI=1S/C10H14ClNS2/c1-7-3-2-4-8(5-7)14-10-12-9(11)6-13-10/h6-8H,2-5H2,1H3. The molecule has 0 amide bonds. The molecule has 14 heavy (non-hydrogen) atoms. The van der Waals surface area contributed by atoms with Gasteiger partial charge in [-0.3, -0.25) is 0 Å². The van der Waals surface area contributed by atoms with Gasteiger partial charge in [-0.05, 0) is 18.8 Å². The third-order valence-corrected chi connectivity index (χ3v) is 5.20. The van der Waals surface area contributed by atoms with E-state index in [-0.39, 0.29) is 0 Å². The zero-order valence-corrected chi connectivity index (χ0v) is 10.6. The molecule has 1 nitrogen and oxygen atoms in total. The average Bonchev–Trinajstić information content (AvgIpc) is 2.51. The van der Waals surface area contributed by atoms with Gasteiger partial charge in [-0.1, -0.05) is 43.1 Å². The Bertz CT molecular complexity index is 300. The largest absolute Gasteiger partial charge is 0.218 e. The van der Waals surface area contributed by atoms with Crippen LogP contribution in [0, 0.1) is 5.92 Å². The van der Waals surface area contributed by atoms with Gasteiger partial charge >= 0.3 is 0 Å². The molecule has 0 aliphatic heterocycles. The van der Waals surface area contributed by atoms with Gasteiger partial charge in [-0.2, -0.15) is 0 Å². The fourth-order valence-electron chi connectivity index (χ4n) is 1.92. The molecule has 1 heterocycles. The number of rotatable bonds is 2. The molecule has 78 valence electrons. The number of hydrogen-bond donors (Lipinski definition) is 0. The number of thioether (sulfide) groups is 1. The Morgan fingerprint density at radius 3 is 3.07 bits per heavy atom. The van der Waals surface area contributed by atoms with Gasteiger partial charge in [-0.25, -0.2) is 4.98 Å². The Hall–Kier alpha value is 0.270. The van der Waals surface area contributed by atoms with Crippen molar-refractivity contribution in [2.45, 2.75) is 42.2 Å². The first-order valence-electron chi connectivity index (χ1n) is 5.01. The SMILES string of the molecule is CC1CCCC(Sc2nc(Cl)cs2)C1. The molecular weight excluding hydrogens is 234 g/mol. The summed E-state index contributed by atoms with van der Waals surface area (Å²) in [5.41, 5.74) is 0. The van der Waals surface area contributed by atoms with Crippen molar-refractivity contribution in [1.29, 1.82) is 0 Å². The van der Waals surface area contributed by atoms with E-state index < -0.39 is 0 Å². The summed E-state index contributed by atoms with van der Waals surface area (Å²) in [4.78, 5) is 4.28. The van der Waals surface area contributed by atoms with E-state index in [2.05, 4.69) is 11.9 Å². The van der Waals surface area contributed by atoms with E-state index in [1.807, 2.05) is 17.1 Å². The number of nitrogens with zero attached hydrogens (tertiary/aromatic N) is 1. The molecule has 2 unspecified atom stereocenters. The first-order chi connectivity index (χ1) is 6.74. The first-order valence-corrected chi connectivity index (χ1v) is 7.15. The molecule has 1 aromatic rings. The van der Waals surface area contributed by atoms with Gasteiger partial charge in [0, 0.05) is 10.6 Å². The molecule has 1 fully saturated rings. The molecule has 1 aromatic heterocycles. The highest BCUT2D eigenvalue weighted by atomic mass is 35.5. The summed E-state index contributed by atoms with van der Waals surface area (Å²) >= 11 is 9.37. The highest BCUT2D eigenvalue weighted by molar-refractivity contribution is 8.01. The molecule has 4 heteroatoms. The lowest BCUT2D eigenvalue weighted by Crippen LogP contribution is -2.14. The van der Waals surface area contributed by atoms with Crippen molar-refractivity contribution in [1.82, 2.24) is 4.98 Å². The number of hydrogen-bond acceptors (Lipinski definition) is 3. The van der Waals surface area contributed by atoms with Crippen molar-refractivity contribution < 1.29 is 0 Å². The van der Waals surface area contributed by atoms with Crippen LogP contribution >= 0.6 is 34.7 Å². The van der Waals surface area contributed by atoms with Gasteiger partial charge in [0.2, 0.25) is 0 Å². The van der Waals surface area contributed by atoms with Crippen LogP contribution in [-0.2, 0) is 0 Å². The average molecular weight is 248 g/mol. The molecule has 0 N–H and O–H groups in total. The number of thiazole rings is 1. The molecule has 0 spiro atoms. The van der Waals surface area contributed by atoms with Crippen LogP contribution in [0.5, 0.6) is 0 Å². The van der Waals surface area contributed by atoms with Crippen LogP contribution in [0.1, 0.15) is 32.6 Å². The van der Waals surface area contributed by atoms with Crippen LogP contribution in [0.4, 0.5) is 0 Å². The number of halogens is 1. The van der Waals surface area contributed by atoms with Crippen LogP contribution in [0.2, 0.25) is 5.15 Å². The zero-order chi connectivity index (χ0) is 9.97. The molecule has 0 radical (unpaired) electrons. The lowest BCUT2D eigenvalue weighted by atomic mass is 9.91. The summed E-state index contributed by atoms with van der Waals surface area (Å²) in [5, 5.41) is 3.32. The van der Waals surface area contributed by atoms with Crippen molar-refractivity contribution >= 4 is 34.7 Å². The van der Waals surface area contributed by atoms with E-state index in [0.717, 1.165) is 15.5 Å². The van der Waals surface area contributed by atoms with E-state index in [1.54, 1.807) is 11.3 Å². The molecule has 2 atom stereocenters. The highest BCUT2D eigenvalue weighted by Crippen LogP contribution is 2.37. The molecular formula is C10H14ClNS2. The normalized spacial score (nSPS) is 27.9. The fraction of sp³-hybridized carbons (Fsp3) is 0.700. The van der Waals surface area contributed by atoms with E-state index in [4.69, 9.17) is 11.6 Å². The Labute approximate surface area is 98.3 Å². The highest BCUT2D eigenvalue weighted by Gasteiger charge is 2.20. The van der Waals surface area contributed by atoms with Gasteiger partial charge < -0.3 is 0 Å². The maximum absolute atomic E-state index is 5.79. The quantitative estimate of drug-likeness (QED) is 0.765. The minimum atomic E-state index is 0.640. The summed E-state index contributed by atoms with van der Waals surface area (Å²) in [7, 11) is 0. The molecule has 1 aliphatic carbocycles. The summed E-state index contributed by atoms with van der Waals surface area (Å²) in [6.45, 7) is 2.35. The molecule has 1 aliphatic rings. The number of aromatic nitrogens is 1. The van der Waals surface area contributed by atoms with Crippen LogP contribution < -0.4 is 0 Å². The van der Waals surface area contributed by atoms with Crippen LogP contribution in [0.15, 0.2) is 9.72 Å². The van der Waals surface area contributed by atoms with Gasteiger partial charge in [0.1, 0.15) is 5.15 Å². The van der Waals surface area contributed by atoms with Crippen molar-refractivity contribution in [3.05, 3.63) is 10.5 Å².